The van der Waals surface area contributed by atoms with Gasteiger partial charge in [0, 0.05) is 17.1 Å². The van der Waals surface area contributed by atoms with Crippen LogP contribution in [0.1, 0.15) is 18.4 Å². The van der Waals surface area contributed by atoms with Gasteiger partial charge in [-0.2, -0.15) is 0 Å². The first-order valence-electron chi connectivity index (χ1n) is 5.27. The number of aromatic amines is 1. The first-order valence-corrected chi connectivity index (χ1v) is 5.64. The summed E-state index contributed by atoms with van der Waals surface area (Å²) >= 11 is 6.17. The van der Waals surface area contributed by atoms with Crippen LogP contribution < -0.4 is 5.73 Å². The number of nitrogens with two attached hydrogens (primary N) is 1. The zero-order valence-electron chi connectivity index (χ0n) is 8.59. The van der Waals surface area contributed by atoms with Gasteiger partial charge < -0.3 is 10.7 Å². The van der Waals surface area contributed by atoms with Crippen LogP contribution in [0.5, 0.6) is 0 Å². The van der Waals surface area contributed by atoms with E-state index in [4.69, 9.17) is 17.3 Å². The number of unbranched alkanes of at least 4 members (excludes halogenated alkanes) is 1. The van der Waals surface area contributed by atoms with Gasteiger partial charge in [-0.3, -0.25) is 0 Å². The third-order valence-electron chi connectivity index (χ3n) is 2.60. The van der Waals surface area contributed by atoms with E-state index in [1.165, 1.54) is 5.56 Å². The van der Waals surface area contributed by atoms with Gasteiger partial charge in [0.2, 0.25) is 0 Å². The van der Waals surface area contributed by atoms with Crippen molar-refractivity contribution in [1.82, 2.24) is 4.98 Å². The molecule has 1 aromatic carbocycles. The second kappa shape index (κ2) is 4.69. The molecule has 2 nitrogen and oxygen atoms in total. The Morgan fingerprint density at radius 1 is 1.27 bits per heavy atom. The molecule has 0 amide bonds. The van der Waals surface area contributed by atoms with Crippen molar-refractivity contribution in [1.29, 1.82) is 0 Å². The Labute approximate surface area is 94.4 Å². The van der Waals surface area contributed by atoms with Crippen LogP contribution in [0.15, 0.2) is 24.4 Å². The van der Waals surface area contributed by atoms with Crippen LogP contribution in [0, 0.1) is 0 Å². The number of rotatable bonds is 4. The molecule has 3 N–H and O–H groups in total. The monoisotopic (exact) mass is 222 g/mol. The SMILES string of the molecule is NCCCCc1cc(Cl)c2cc[nH]c2c1. The van der Waals surface area contributed by atoms with Crippen molar-refractivity contribution in [2.45, 2.75) is 19.3 Å². The number of halogens is 1. The first kappa shape index (κ1) is 10.5. The standard InChI is InChI=1S/C12H15ClN2/c13-11-7-9(3-1-2-5-14)8-12-10(11)4-6-15-12/h4,6-8,15H,1-3,5,14H2. The minimum atomic E-state index is 0.762. The molecular formula is C12H15ClN2. The zero-order chi connectivity index (χ0) is 10.7. The number of fused-ring (bicyclic) bond motifs is 1. The van der Waals surface area contributed by atoms with Crippen molar-refractivity contribution in [3.63, 3.8) is 0 Å². The summed E-state index contributed by atoms with van der Waals surface area (Å²) in [5.74, 6) is 0. The fourth-order valence-electron chi connectivity index (χ4n) is 1.80. The van der Waals surface area contributed by atoms with Crippen molar-refractivity contribution in [2.75, 3.05) is 6.54 Å². The maximum Gasteiger partial charge on any atom is 0.0502 e. The molecular weight excluding hydrogens is 208 g/mol. The molecule has 80 valence electrons. The lowest BCUT2D eigenvalue weighted by atomic mass is 10.1. The summed E-state index contributed by atoms with van der Waals surface area (Å²) in [6, 6.07) is 6.22. The van der Waals surface area contributed by atoms with E-state index < -0.39 is 0 Å². The molecule has 0 unspecified atom stereocenters. The molecule has 1 aromatic heterocycles. The summed E-state index contributed by atoms with van der Waals surface area (Å²) in [5, 5.41) is 1.93. The second-order valence-corrected chi connectivity index (χ2v) is 4.17. The third-order valence-corrected chi connectivity index (χ3v) is 2.91. The lowest BCUT2D eigenvalue weighted by Crippen LogP contribution is -1.98. The average Bonchev–Trinajstić information content (AvgIpc) is 2.66. The fraction of sp³-hybridized carbons (Fsp3) is 0.333. The largest absolute Gasteiger partial charge is 0.361 e. The van der Waals surface area contributed by atoms with Crippen LogP contribution >= 0.6 is 11.6 Å². The molecule has 0 aliphatic carbocycles. The van der Waals surface area contributed by atoms with Gasteiger partial charge >= 0.3 is 0 Å². The van der Waals surface area contributed by atoms with E-state index >= 15 is 0 Å². The number of aromatic nitrogens is 1. The Morgan fingerprint density at radius 3 is 2.93 bits per heavy atom. The molecule has 1 heterocycles. The minimum Gasteiger partial charge on any atom is -0.361 e. The highest BCUT2D eigenvalue weighted by molar-refractivity contribution is 6.35. The summed E-state index contributed by atoms with van der Waals surface area (Å²) in [7, 11) is 0. The Balaban J connectivity index is 2.21. The normalized spacial score (nSPS) is 11.1. The predicted molar refractivity (Wildman–Crippen MR) is 65.3 cm³/mol. The van der Waals surface area contributed by atoms with Gasteiger partial charge in [-0.25, -0.2) is 0 Å². The van der Waals surface area contributed by atoms with Gasteiger partial charge in [-0.15, -0.1) is 0 Å². The summed E-state index contributed by atoms with van der Waals surface area (Å²) in [6.07, 6.45) is 5.16. The highest BCUT2D eigenvalue weighted by Gasteiger charge is 2.02. The van der Waals surface area contributed by atoms with Gasteiger partial charge in [-0.1, -0.05) is 11.6 Å². The smallest absolute Gasteiger partial charge is 0.0502 e. The molecule has 0 spiro atoms. The highest BCUT2D eigenvalue weighted by atomic mass is 35.5. The zero-order valence-corrected chi connectivity index (χ0v) is 9.35. The summed E-state index contributed by atoms with van der Waals surface area (Å²) in [5.41, 5.74) is 7.86. The summed E-state index contributed by atoms with van der Waals surface area (Å²) < 4.78 is 0. The van der Waals surface area contributed by atoms with Crippen molar-refractivity contribution < 1.29 is 0 Å². The number of hydrogen-bond donors (Lipinski definition) is 2. The number of aryl methyl sites for hydroxylation is 1. The van der Waals surface area contributed by atoms with E-state index in [1.807, 2.05) is 18.3 Å². The maximum atomic E-state index is 6.17. The third kappa shape index (κ3) is 2.33. The quantitative estimate of drug-likeness (QED) is 0.767. The molecule has 0 aliphatic heterocycles. The second-order valence-electron chi connectivity index (χ2n) is 3.76. The lowest BCUT2D eigenvalue weighted by Gasteiger charge is -2.02. The summed E-state index contributed by atoms with van der Waals surface area (Å²) in [4.78, 5) is 3.18. The van der Waals surface area contributed by atoms with Crippen LogP contribution in [-0.2, 0) is 6.42 Å². The molecule has 15 heavy (non-hydrogen) atoms. The van der Waals surface area contributed by atoms with Gasteiger partial charge in [0.15, 0.2) is 0 Å². The van der Waals surface area contributed by atoms with E-state index in [9.17, 15) is 0 Å². The molecule has 0 saturated heterocycles. The Hall–Kier alpha value is -0.990. The molecule has 2 rings (SSSR count). The Morgan fingerprint density at radius 2 is 2.13 bits per heavy atom. The van der Waals surface area contributed by atoms with Gasteiger partial charge in [0.1, 0.15) is 0 Å². The van der Waals surface area contributed by atoms with Crippen molar-refractivity contribution in [3.8, 4) is 0 Å². The van der Waals surface area contributed by atoms with Crippen molar-refractivity contribution in [2.24, 2.45) is 5.73 Å². The van der Waals surface area contributed by atoms with Crippen LogP contribution in [0.25, 0.3) is 10.9 Å². The van der Waals surface area contributed by atoms with E-state index in [0.717, 1.165) is 41.7 Å². The number of benzene rings is 1. The van der Waals surface area contributed by atoms with Crippen LogP contribution in [0.2, 0.25) is 5.02 Å². The molecule has 0 bridgehead atoms. The molecule has 2 aromatic rings. The first-order chi connectivity index (χ1) is 7.31. The van der Waals surface area contributed by atoms with E-state index in [1.54, 1.807) is 0 Å². The van der Waals surface area contributed by atoms with E-state index in [-0.39, 0.29) is 0 Å². The topological polar surface area (TPSA) is 41.8 Å². The molecule has 3 heteroatoms. The van der Waals surface area contributed by atoms with Crippen LogP contribution in [-0.4, -0.2) is 11.5 Å². The lowest BCUT2D eigenvalue weighted by molar-refractivity contribution is 0.745. The van der Waals surface area contributed by atoms with Crippen molar-refractivity contribution >= 4 is 22.5 Å². The van der Waals surface area contributed by atoms with Gasteiger partial charge in [0.25, 0.3) is 0 Å². The maximum absolute atomic E-state index is 6.17. The van der Waals surface area contributed by atoms with Crippen LogP contribution in [0.4, 0.5) is 0 Å². The molecule has 0 fully saturated rings. The van der Waals surface area contributed by atoms with Crippen LogP contribution in [0.3, 0.4) is 0 Å². The predicted octanol–water partition coefficient (Wildman–Crippen LogP) is 3.10. The average molecular weight is 223 g/mol. The van der Waals surface area contributed by atoms with E-state index in [0.29, 0.717) is 0 Å². The number of nitrogens with one attached hydrogen (secondary N) is 1. The molecule has 0 atom stereocenters. The minimum absolute atomic E-state index is 0.762. The van der Waals surface area contributed by atoms with Gasteiger partial charge in [-0.05, 0) is 49.6 Å². The van der Waals surface area contributed by atoms with Gasteiger partial charge in [0.05, 0.1) is 5.02 Å². The number of H-pyrrole nitrogens is 1. The fourth-order valence-corrected chi connectivity index (χ4v) is 2.10. The molecule has 0 saturated carbocycles. The Kier molecular flexibility index (Phi) is 3.29. The number of hydrogen-bond acceptors (Lipinski definition) is 1. The van der Waals surface area contributed by atoms with Crippen molar-refractivity contribution in [3.05, 3.63) is 35.0 Å². The summed E-state index contributed by atoms with van der Waals surface area (Å²) in [6.45, 7) is 0.762. The van der Waals surface area contributed by atoms with E-state index in [2.05, 4.69) is 11.1 Å². The Bertz CT molecular complexity index is 448. The molecule has 0 radical (unpaired) electrons. The molecule has 0 aliphatic rings. The highest BCUT2D eigenvalue weighted by Crippen LogP contribution is 2.25.